The van der Waals surface area contributed by atoms with Gasteiger partial charge in [0.15, 0.2) is 0 Å². The molecule has 0 aromatic heterocycles. The molecule has 0 spiro atoms. The average Bonchev–Trinajstić information content (AvgIpc) is 4.31. The van der Waals surface area contributed by atoms with E-state index < -0.39 is 66.1 Å². The van der Waals surface area contributed by atoms with Crippen LogP contribution in [0.25, 0.3) is 0 Å². The molecule has 458 valence electrons. The van der Waals surface area contributed by atoms with Crippen LogP contribution in [0.3, 0.4) is 0 Å². The second-order valence-electron chi connectivity index (χ2n) is 23.1. The minimum atomic E-state index is -1.01. The third kappa shape index (κ3) is 20.4. The molecule has 10 atom stereocenters. The number of aliphatic hydroxyl groups is 1. The summed E-state index contributed by atoms with van der Waals surface area (Å²) in [4.78, 5) is 137. The summed E-state index contributed by atoms with van der Waals surface area (Å²) in [5, 5.41) is 21.8. The van der Waals surface area contributed by atoms with E-state index in [0.717, 1.165) is 23.3 Å². The molecule has 3 unspecified atom stereocenters. The highest BCUT2D eigenvalue weighted by molar-refractivity contribution is 6.12. The predicted octanol–water partition coefficient (Wildman–Crippen LogP) is 6.09. The molecule has 2 aliphatic heterocycles. The topological polar surface area (TPSA) is 270 Å². The maximum absolute atomic E-state index is 14.1. The second-order valence-corrected chi connectivity index (χ2v) is 23.1. The molecule has 0 radical (unpaired) electrons. The van der Waals surface area contributed by atoms with Crippen LogP contribution in [0.15, 0.2) is 66.7 Å². The number of carbonyl (C=O) groups excluding carboxylic acids is 10. The summed E-state index contributed by atoms with van der Waals surface area (Å²) in [5.74, 6) is -4.54. The summed E-state index contributed by atoms with van der Waals surface area (Å²) in [6.45, 7) is 16.6. The Hall–Kier alpha value is -7.00. The van der Waals surface area contributed by atoms with Crippen molar-refractivity contribution < 1.29 is 62.5 Å². The first-order valence-electron chi connectivity index (χ1n) is 29.3. The van der Waals surface area contributed by atoms with E-state index in [9.17, 15) is 53.1 Å². The Morgan fingerprint density at radius 3 is 2.01 bits per heavy atom. The number of nitrogens with zero attached hydrogens (tertiary/aromatic N) is 4. The van der Waals surface area contributed by atoms with E-state index in [1.165, 1.54) is 43.0 Å². The Morgan fingerprint density at radius 1 is 0.759 bits per heavy atom. The zero-order valence-corrected chi connectivity index (χ0v) is 50.8. The van der Waals surface area contributed by atoms with Crippen molar-refractivity contribution >= 4 is 64.8 Å². The number of hydrogen-bond acceptors (Lipinski definition) is 13. The summed E-state index contributed by atoms with van der Waals surface area (Å²) in [5.41, 5.74) is 1.74. The minimum absolute atomic E-state index is 0.00261. The van der Waals surface area contributed by atoms with Crippen molar-refractivity contribution in [3.05, 3.63) is 77.9 Å². The molecule has 5 N–H and O–H groups in total. The summed E-state index contributed by atoms with van der Waals surface area (Å²) in [7, 11) is 4.58. The van der Waals surface area contributed by atoms with Crippen LogP contribution in [0, 0.1) is 29.6 Å². The van der Waals surface area contributed by atoms with Gasteiger partial charge in [-0.25, -0.2) is 4.79 Å². The largest absolute Gasteiger partial charge is 0.445 e. The quantitative estimate of drug-likeness (QED) is 0.0401. The molecule has 2 aromatic rings. The van der Waals surface area contributed by atoms with Gasteiger partial charge in [0.1, 0.15) is 30.5 Å². The number of likely N-dealkylation sites (tertiary alicyclic amines) is 1. The summed E-state index contributed by atoms with van der Waals surface area (Å²) < 4.78 is 11.6. The van der Waals surface area contributed by atoms with E-state index in [2.05, 4.69) is 21.3 Å². The molecule has 83 heavy (non-hydrogen) atoms. The first kappa shape index (κ1) is 68.5. The molecule has 0 saturated carbocycles. The van der Waals surface area contributed by atoms with Crippen LogP contribution < -0.4 is 21.3 Å². The number of hydrogen-bond donors (Lipinski definition) is 5. The monoisotopic (exact) mass is 1160 g/mol. The lowest BCUT2D eigenvalue weighted by Crippen LogP contribution is -2.55. The number of ether oxygens (including phenoxy) is 2. The van der Waals surface area contributed by atoms with Crippen molar-refractivity contribution in [2.45, 2.75) is 176 Å². The molecule has 2 heterocycles. The molecule has 2 aromatic carbocycles. The van der Waals surface area contributed by atoms with Crippen LogP contribution in [0.1, 0.15) is 144 Å². The van der Waals surface area contributed by atoms with Crippen molar-refractivity contribution in [3.63, 3.8) is 0 Å². The highest BCUT2D eigenvalue weighted by Crippen LogP contribution is 2.31. The molecular formula is C62H92N8O13. The number of methoxy groups -OCH3 is 1. The number of rotatable bonds is 33. The lowest BCUT2D eigenvalue weighted by molar-refractivity contribution is -0.143. The van der Waals surface area contributed by atoms with Crippen LogP contribution >= 0.6 is 0 Å². The van der Waals surface area contributed by atoms with E-state index in [0.29, 0.717) is 49.9 Å². The van der Waals surface area contributed by atoms with Crippen molar-refractivity contribution in [1.29, 1.82) is 0 Å². The van der Waals surface area contributed by atoms with Gasteiger partial charge in [-0.15, -0.1) is 0 Å². The fourth-order valence-corrected chi connectivity index (χ4v) is 10.7. The lowest BCUT2D eigenvalue weighted by Gasteiger charge is -2.38. The highest BCUT2D eigenvalue weighted by atomic mass is 16.6. The summed E-state index contributed by atoms with van der Waals surface area (Å²) >= 11 is 0. The molecule has 0 bridgehead atoms. The summed E-state index contributed by atoms with van der Waals surface area (Å²) in [6, 6.07) is 12.2. The van der Waals surface area contributed by atoms with Gasteiger partial charge in [-0.3, -0.25) is 53.0 Å². The number of likely N-dealkylation sites (N-methyl/N-ethyl adjacent to an activating group) is 2. The zero-order chi connectivity index (χ0) is 61.7. The van der Waals surface area contributed by atoms with Gasteiger partial charge in [0.2, 0.25) is 35.4 Å². The van der Waals surface area contributed by atoms with Gasteiger partial charge in [-0.05, 0) is 86.0 Å². The molecule has 9 amide bonds. The Kier molecular flexibility index (Phi) is 27.5. The molecule has 21 heteroatoms. The summed E-state index contributed by atoms with van der Waals surface area (Å²) in [6.07, 6.45) is 4.93. The first-order chi connectivity index (χ1) is 39.3. The fraction of sp³-hybridized carbons (Fsp3) is 0.613. The molecular weight excluding hydrogens is 1060 g/mol. The van der Waals surface area contributed by atoms with E-state index in [1.807, 2.05) is 62.9 Å². The van der Waals surface area contributed by atoms with E-state index in [-0.39, 0.29) is 104 Å². The predicted molar refractivity (Wildman–Crippen MR) is 313 cm³/mol. The Bertz CT molecular complexity index is 2540. The van der Waals surface area contributed by atoms with E-state index in [4.69, 9.17) is 9.47 Å². The Labute approximate surface area is 490 Å². The van der Waals surface area contributed by atoms with Crippen molar-refractivity contribution in [1.82, 2.24) is 35.6 Å². The number of ketones is 1. The molecule has 21 nitrogen and oxygen atoms in total. The SMILES string of the molecule is CC[C@H](C)[C@@H](C(CC(=O)N1CCC[C@H]1C[C@@H](C)C(=O)C[C@H](C)[C@@H](O)c1ccccc1)OC)N(C)C(=O)CNC(=O)C(C(C)C)N(C)C(=O)OCc1ccc(NC(=O)[C@H](C)NC(=O)C(NC(=O)CCCCCN2C(=O)C=CC2=O)C(C)C)cc1. The van der Waals surface area contributed by atoms with Crippen molar-refractivity contribution in [2.24, 2.45) is 29.6 Å². The normalized spacial score (nSPS) is 17.4. The molecule has 1 fully saturated rings. The van der Waals surface area contributed by atoms with Gasteiger partial charge in [0, 0.05) is 76.9 Å². The van der Waals surface area contributed by atoms with Crippen LogP contribution in [0.2, 0.25) is 0 Å². The first-order valence-corrected chi connectivity index (χ1v) is 29.3. The number of unbranched alkanes of at least 4 members (excludes halogenated alkanes) is 2. The highest BCUT2D eigenvalue weighted by Gasteiger charge is 2.39. The number of aliphatic hydroxyl groups excluding tert-OH is 1. The van der Waals surface area contributed by atoms with E-state index >= 15 is 0 Å². The van der Waals surface area contributed by atoms with Gasteiger partial charge >= 0.3 is 6.09 Å². The van der Waals surface area contributed by atoms with Gasteiger partial charge < -0.3 is 45.6 Å². The maximum atomic E-state index is 14.1. The van der Waals surface area contributed by atoms with Crippen molar-refractivity contribution in [3.8, 4) is 0 Å². The fourth-order valence-electron chi connectivity index (χ4n) is 10.7. The minimum Gasteiger partial charge on any atom is -0.445 e. The van der Waals surface area contributed by atoms with Crippen LogP contribution in [0.5, 0.6) is 0 Å². The lowest BCUT2D eigenvalue weighted by atomic mass is 9.87. The van der Waals surface area contributed by atoms with Crippen molar-refractivity contribution in [2.75, 3.05) is 46.2 Å². The van der Waals surface area contributed by atoms with Crippen LogP contribution in [-0.2, 0) is 59.2 Å². The molecule has 1 saturated heterocycles. The number of nitrogens with one attached hydrogen (secondary N) is 4. The number of amides is 9. The number of imide groups is 1. The second kappa shape index (κ2) is 33.3. The van der Waals surface area contributed by atoms with E-state index in [1.54, 1.807) is 59.0 Å². The molecule has 4 rings (SSSR count). The standard InChI is InChI=1S/C62H92N8O13/c1-13-40(6)57(49(82-12)35-53(75)69-32-20-23-47(69)33-41(7)48(71)34-42(8)58(77)45-21-16-14-17-22-45)67(10)54(76)36-63-61(80)56(39(4)5)68(11)62(81)83-37-44-25-27-46(28-26-44)65-59(78)43(9)64-60(79)55(38(2)3)66-50(72)24-18-15-19-31-70-51(73)29-30-52(70)74/h14,16-17,21-22,25-30,38-43,47,49,55-58,77H,13,15,18-20,23-24,31-37H2,1-12H3,(H,63,80)(H,64,79)(H,65,78)(H,66,72)/t40-,41+,42-,43-,47-,49?,55?,56?,57-,58+/m0/s1. The van der Waals surface area contributed by atoms with Gasteiger partial charge in [-0.1, -0.05) is 111 Å². The molecule has 2 aliphatic rings. The number of carbonyl (C=O) groups is 10. The average molecular weight is 1160 g/mol. The Balaban J connectivity index is 1.23. The smallest absolute Gasteiger partial charge is 0.410 e. The molecule has 0 aliphatic carbocycles. The van der Waals surface area contributed by atoms with Crippen LogP contribution in [-0.4, -0.2) is 161 Å². The van der Waals surface area contributed by atoms with Gasteiger partial charge in [0.05, 0.1) is 31.2 Å². The zero-order valence-electron chi connectivity index (χ0n) is 50.8. The number of anilines is 1. The third-order valence-corrected chi connectivity index (χ3v) is 16.0. The number of Topliss-reactive ketones (excluding diaryl/α,β-unsaturated/α-hetero) is 1. The third-order valence-electron chi connectivity index (χ3n) is 16.0. The Morgan fingerprint density at radius 2 is 1.41 bits per heavy atom. The maximum Gasteiger partial charge on any atom is 0.410 e. The van der Waals surface area contributed by atoms with Gasteiger partial charge in [-0.2, -0.15) is 0 Å². The van der Waals surface area contributed by atoms with Gasteiger partial charge in [0.25, 0.3) is 11.8 Å². The number of benzene rings is 2. The van der Waals surface area contributed by atoms with Crippen LogP contribution in [0.4, 0.5) is 10.5 Å².